The van der Waals surface area contributed by atoms with Gasteiger partial charge in [-0.05, 0) is 58.4 Å². The third kappa shape index (κ3) is 3.43. The van der Waals surface area contributed by atoms with Crippen LogP contribution in [0.15, 0.2) is 39.7 Å². The highest BCUT2D eigenvalue weighted by Gasteiger charge is 2.17. The van der Waals surface area contributed by atoms with E-state index in [0.717, 1.165) is 22.8 Å². The zero-order chi connectivity index (χ0) is 20.6. The molecule has 0 aliphatic heterocycles. The maximum atomic E-state index is 12.4. The molecule has 0 fully saturated rings. The number of aromatic nitrogens is 3. The Morgan fingerprint density at radius 3 is 2.61 bits per heavy atom. The fourth-order valence-electron chi connectivity index (χ4n) is 3.26. The van der Waals surface area contributed by atoms with Gasteiger partial charge in [-0.3, -0.25) is 4.79 Å². The molecule has 0 atom stereocenters. The first kappa shape index (κ1) is 19.4. The summed E-state index contributed by atoms with van der Waals surface area (Å²) in [4.78, 5) is 24.3. The van der Waals surface area contributed by atoms with E-state index in [1.165, 1.54) is 19.1 Å². The second-order valence-electron chi connectivity index (χ2n) is 6.99. The van der Waals surface area contributed by atoms with Crippen LogP contribution in [0.3, 0.4) is 0 Å². The Morgan fingerprint density at radius 1 is 1.25 bits per heavy atom. The van der Waals surface area contributed by atoms with Crippen LogP contribution in [-0.4, -0.2) is 25.2 Å². The van der Waals surface area contributed by atoms with E-state index in [0.29, 0.717) is 0 Å². The summed E-state index contributed by atoms with van der Waals surface area (Å²) in [6.45, 7) is 9.58. The molecule has 0 unspecified atom stereocenters. The molecule has 1 N–H and O–H groups in total. The van der Waals surface area contributed by atoms with Crippen molar-refractivity contribution in [3.05, 3.63) is 69.2 Å². The Kier molecular flexibility index (Phi) is 5.09. The van der Waals surface area contributed by atoms with Crippen molar-refractivity contribution in [3.8, 4) is 11.6 Å². The fraction of sp³-hybridized carbons (Fsp3) is 0.286. The van der Waals surface area contributed by atoms with Crippen LogP contribution in [0.25, 0.3) is 11.9 Å². The summed E-state index contributed by atoms with van der Waals surface area (Å²) in [7, 11) is 0. The molecule has 0 spiro atoms. The zero-order valence-electron chi connectivity index (χ0n) is 16.6. The van der Waals surface area contributed by atoms with Crippen molar-refractivity contribution in [2.45, 2.75) is 40.7 Å². The van der Waals surface area contributed by atoms with Crippen molar-refractivity contribution in [2.75, 3.05) is 0 Å². The lowest BCUT2D eigenvalue weighted by molar-refractivity contribution is 0.104. The average Bonchev–Trinajstić information content (AvgIpc) is 3.16. The summed E-state index contributed by atoms with van der Waals surface area (Å²) in [5.41, 5.74) is 1.54. The molecule has 3 aromatic heterocycles. The van der Waals surface area contributed by atoms with E-state index in [9.17, 15) is 14.7 Å². The van der Waals surface area contributed by atoms with Crippen molar-refractivity contribution < 1.29 is 14.3 Å². The van der Waals surface area contributed by atoms with Crippen LogP contribution in [0.4, 0.5) is 0 Å². The predicted molar refractivity (Wildman–Crippen MR) is 106 cm³/mol. The first-order valence-corrected chi connectivity index (χ1v) is 8.99. The standard InChI is InChI=1S/C21H23N3O4/c1-12(2)24-19(8-9-22-24)23-13(3)10-16(15(23)5)6-7-17(25)20-18(26)11-14(4)28-21(20)27/h6-12,26H,1-5H3/b7-6+. The molecule has 0 aromatic carbocycles. The van der Waals surface area contributed by atoms with Gasteiger partial charge in [-0.1, -0.05) is 0 Å². The van der Waals surface area contributed by atoms with Crippen LogP contribution in [0.1, 0.15) is 53.0 Å². The molecule has 3 rings (SSSR count). The van der Waals surface area contributed by atoms with Gasteiger partial charge in [0.2, 0.25) is 0 Å². The van der Waals surface area contributed by atoms with Gasteiger partial charge in [0, 0.05) is 29.6 Å². The van der Waals surface area contributed by atoms with Crippen molar-refractivity contribution in [3.63, 3.8) is 0 Å². The summed E-state index contributed by atoms with van der Waals surface area (Å²) in [5.74, 6) is 0.194. The number of ketones is 1. The van der Waals surface area contributed by atoms with Gasteiger partial charge in [-0.2, -0.15) is 5.10 Å². The number of nitrogens with zero attached hydrogens (tertiary/aromatic N) is 3. The van der Waals surface area contributed by atoms with Gasteiger partial charge in [-0.15, -0.1) is 0 Å². The molecule has 0 radical (unpaired) electrons. The van der Waals surface area contributed by atoms with Crippen LogP contribution in [0.5, 0.6) is 5.75 Å². The Balaban J connectivity index is 1.98. The second-order valence-corrected chi connectivity index (χ2v) is 6.99. The third-order valence-electron chi connectivity index (χ3n) is 4.55. The number of hydrogen-bond donors (Lipinski definition) is 1. The molecular weight excluding hydrogens is 358 g/mol. The molecule has 0 aliphatic carbocycles. The van der Waals surface area contributed by atoms with Gasteiger partial charge in [0.1, 0.15) is 22.9 Å². The first-order valence-electron chi connectivity index (χ1n) is 8.99. The molecule has 3 aromatic rings. The fourth-order valence-corrected chi connectivity index (χ4v) is 3.26. The van der Waals surface area contributed by atoms with E-state index in [-0.39, 0.29) is 23.1 Å². The molecule has 7 heteroatoms. The van der Waals surface area contributed by atoms with Crippen molar-refractivity contribution in [1.82, 2.24) is 14.3 Å². The number of aromatic hydroxyl groups is 1. The number of hydrogen-bond acceptors (Lipinski definition) is 5. The molecule has 0 saturated carbocycles. The van der Waals surface area contributed by atoms with Crippen molar-refractivity contribution in [2.24, 2.45) is 0 Å². The second kappa shape index (κ2) is 7.34. The molecule has 3 heterocycles. The van der Waals surface area contributed by atoms with E-state index in [1.807, 2.05) is 30.7 Å². The molecule has 0 bridgehead atoms. The van der Waals surface area contributed by atoms with Crippen LogP contribution in [0, 0.1) is 20.8 Å². The minimum Gasteiger partial charge on any atom is -0.507 e. The number of rotatable bonds is 5. The van der Waals surface area contributed by atoms with Crippen molar-refractivity contribution >= 4 is 11.9 Å². The Hall–Kier alpha value is -3.35. The van der Waals surface area contributed by atoms with E-state index in [1.54, 1.807) is 12.3 Å². The van der Waals surface area contributed by atoms with Gasteiger partial charge in [0.15, 0.2) is 5.78 Å². The normalized spacial score (nSPS) is 11.6. The van der Waals surface area contributed by atoms with Crippen LogP contribution in [-0.2, 0) is 0 Å². The Morgan fingerprint density at radius 2 is 1.96 bits per heavy atom. The van der Waals surface area contributed by atoms with Gasteiger partial charge >= 0.3 is 5.63 Å². The predicted octanol–water partition coefficient (Wildman–Crippen LogP) is 3.73. The summed E-state index contributed by atoms with van der Waals surface area (Å²) in [6.07, 6.45) is 4.66. The molecule has 0 aliphatic rings. The molecule has 0 amide bonds. The number of carbonyl (C=O) groups excluding carboxylic acids is 1. The maximum absolute atomic E-state index is 12.4. The van der Waals surface area contributed by atoms with Gasteiger partial charge in [0.05, 0.1) is 6.20 Å². The number of aryl methyl sites for hydroxylation is 2. The zero-order valence-corrected chi connectivity index (χ0v) is 16.6. The third-order valence-corrected chi connectivity index (χ3v) is 4.55. The number of carbonyl (C=O) groups is 1. The number of allylic oxidation sites excluding steroid dienone is 1. The van der Waals surface area contributed by atoms with Gasteiger partial charge in [0.25, 0.3) is 0 Å². The van der Waals surface area contributed by atoms with Crippen molar-refractivity contribution in [1.29, 1.82) is 0 Å². The monoisotopic (exact) mass is 381 g/mol. The van der Waals surface area contributed by atoms with Gasteiger partial charge < -0.3 is 14.1 Å². The molecule has 0 saturated heterocycles. The maximum Gasteiger partial charge on any atom is 0.351 e. The molecule has 28 heavy (non-hydrogen) atoms. The molecule has 7 nitrogen and oxygen atoms in total. The topological polar surface area (TPSA) is 90.3 Å². The lowest BCUT2D eigenvalue weighted by atomic mass is 10.1. The first-order chi connectivity index (χ1) is 13.2. The summed E-state index contributed by atoms with van der Waals surface area (Å²) >= 11 is 0. The van der Waals surface area contributed by atoms with E-state index < -0.39 is 11.4 Å². The summed E-state index contributed by atoms with van der Waals surface area (Å²) in [6, 6.07) is 5.35. The highest BCUT2D eigenvalue weighted by atomic mass is 16.4. The van der Waals surface area contributed by atoms with E-state index >= 15 is 0 Å². The molecular formula is C21H23N3O4. The largest absolute Gasteiger partial charge is 0.507 e. The van der Waals surface area contributed by atoms with E-state index in [2.05, 4.69) is 23.5 Å². The van der Waals surface area contributed by atoms with Crippen LogP contribution in [0.2, 0.25) is 0 Å². The lowest BCUT2D eigenvalue weighted by Gasteiger charge is -2.15. The van der Waals surface area contributed by atoms with Crippen LogP contribution < -0.4 is 5.63 Å². The SMILES string of the molecule is Cc1cc(O)c(C(=O)/C=C/c2cc(C)n(-c3ccnn3C(C)C)c2C)c(=O)o1. The Labute approximate surface area is 162 Å². The quantitative estimate of drug-likeness (QED) is 0.537. The smallest absolute Gasteiger partial charge is 0.351 e. The molecule has 146 valence electrons. The summed E-state index contributed by atoms with van der Waals surface area (Å²) in [5, 5.41) is 14.3. The average molecular weight is 381 g/mol. The Bertz CT molecular complexity index is 1130. The minimum atomic E-state index is -0.849. The van der Waals surface area contributed by atoms with Gasteiger partial charge in [-0.25, -0.2) is 9.48 Å². The van der Waals surface area contributed by atoms with E-state index in [4.69, 9.17) is 4.42 Å². The van der Waals surface area contributed by atoms with Crippen LogP contribution >= 0.6 is 0 Å². The minimum absolute atomic E-state index is 0.204. The highest BCUT2D eigenvalue weighted by molar-refractivity contribution is 6.08. The summed E-state index contributed by atoms with van der Waals surface area (Å²) < 4.78 is 8.90. The highest BCUT2D eigenvalue weighted by Crippen LogP contribution is 2.24. The lowest BCUT2D eigenvalue weighted by Crippen LogP contribution is -2.13.